The maximum atomic E-state index is 10.0. The molecule has 0 saturated carbocycles. The van der Waals surface area contributed by atoms with Crippen LogP contribution in [-0.4, -0.2) is 17.0 Å². The summed E-state index contributed by atoms with van der Waals surface area (Å²) in [6.45, 7) is 2.34. The molecule has 1 aromatic carbocycles. The molecule has 0 bridgehead atoms. The van der Waals surface area contributed by atoms with Crippen molar-refractivity contribution in [1.82, 2.24) is 0 Å². The van der Waals surface area contributed by atoms with Crippen LogP contribution in [0.25, 0.3) is 0 Å². The van der Waals surface area contributed by atoms with Crippen LogP contribution in [0, 0.1) is 0 Å². The van der Waals surface area contributed by atoms with Gasteiger partial charge in [0, 0.05) is 12.2 Å². The van der Waals surface area contributed by atoms with Gasteiger partial charge in [0.2, 0.25) is 5.79 Å². The van der Waals surface area contributed by atoms with E-state index in [1.54, 1.807) is 0 Å². The molecule has 0 aliphatic carbocycles. The van der Waals surface area contributed by atoms with E-state index >= 15 is 0 Å². The van der Waals surface area contributed by atoms with Gasteiger partial charge in [-0.3, -0.25) is 0 Å². The number of ether oxygens (including phenoxy) is 1. The third-order valence-corrected chi connectivity index (χ3v) is 2.55. The third kappa shape index (κ3) is 2.53. The highest BCUT2D eigenvalue weighted by molar-refractivity contribution is 9.09. The smallest absolute Gasteiger partial charge is 0.202 e. The maximum absolute atomic E-state index is 10.0. The average molecular weight is 245 g/mol. The quantitative estimate of drug-likeness (QED) is 0.651. The molecule has 0 amide bonds. The predicted octanol–water partition coefficient (Wildman–Crippen LogP) is 2.26. The second kappa shape index (κ2) is 4.74. The molecule has 2 nitrogen and oxygen atoms in total. The molecule has 1 N–H and O–H groups in total. The molecule has 0 saturated heterocycles. The van der Waals surface area contributed by atoms with E-state index < -0.39 is 5.79 Å². The van der Waals surface area contributed by atoms with Crippen LogP contribution >= 0.6 is 15.9 Å². The number of halogens is 1. The first kappa shape index (κ1) is 10.7. The van der Waals surface area contributed by atoms with E-state index in [4.69, 9.17) is 4.74 Å². The van der Waals surface area contributed by atoms with Crippen LogP contribution in [0.1, 0.15) is 12.5 Å². The lowest BCUT2D eigenvalue weighted by atomic mass is 10.1. The van der Waals surface area contributed by atoms with E-state index in [0.29, 0.717) is 11.9 Å². The summed E-state index contributed by atoms with van der Waals surface area (Å²) in [7, 11) is 0. The van der Waals surface area contributed by atoms with Crippen molar-refractivity contribution in [2.75, 3.05) is 11.9 Å². The molecular formula is C10H13BrO2. The van der Waals surface area contributed by atoms with E-state index in [9.17, 15) is 5.11 Å². The van der Waals surface area contributed by atoms with Gasteiger partial charge in [0.1, 0.15) is 0 Å². The van der Waals surface area contributed by atoms with Crippen molar-refractivity contribution in [3.63, 3.8) is 0 Å². The third-order valence-electron chi connectivity index (χ3n) is 1.79. The van der Waals surface area contributed by atoms with Crippen molar-refractivity contribution >= 4 is 15.9 Å². The normalized spacial score (nSPS) is 15.3. The Morgan fingerprint density at radius 3 is 2.46 bits per heavy atom. The van der Waals surface area contributed by atoms with Gasteiger partial charge in [0.25, 0.3) is 0 Å². The molecular weight excluding hydrogens is 232 g/mol. The number of hydrogen-bond acceptors (Lipinski definition) is 2. The van der Waals surface area contributed by atoms with Crippen molar-refractivity contribution in [2.45, 2.75) is 12.7 Å². The van der Waals surface area contributed by atoms with Crippen molar-refractivity contribution in [3.8, 4) is 0 Å². The number of benzene rings is 1. The van der Waals surface area contributed by atoms with Gasteiger partial charge in [-0.25, -0.2) is 0 Å². The van der Waals surface area contributed by atoms with Gasteiger partial charge in [0.05, 0.1) is 5.33 Å². The molecule has 1 aromatic rings. The van der Waals surface area contributed by atoms with Crippen molar-refractivity contribution in [1.29, 1.82) is 0 Å². The molecule has 0 heterocycles. The van der Waals surface area contributed by atoms with Crippen LogP contribution in [0.15, 0.2) is 30.3 Å². The summed E-state index contributed by atoms with van der Waals surface area (Å²) in [6.07, 6.45) is 0. The number of hydrogen-bond donors (Lipinski definition) is 1. The predicted molar refractivity (Wildman–Crippen MR) is 55.8 cm³/mol. The number of rotatable bonds is 4. The second-order valence-electron chi connectivity index (χ2n) is 2.72. The van der Waals surface area contributed by atoms with E-state index in [-0.39, 0.29) is 0 Å². The van der Waals surface area contributed by atoms with Crippen molar-refractivity contribution in [2.24, 2.45) is 0 Å². The molecule has 72 valence electrons. The summed E-state index contributed by atoms with van der Waals surface area (Å²) in [5.41, 5.74) is 0.772. The minimum atomic E-state index is -1.20. The van der Waals surface area contributed by atoms with E-state index in [0.717, 1.165) is 5.56 Å². The molecule has 13 heavy (non-hydrogen) atoms. The Balaban J connectivity index is 2.89. The van der Waals surface area contributed by atoms with Crippen molar-refractivity contribution in [3.05, 3.63) is 35.9 Å². The van der Waals surface area contributed by atoms with Gasteiger partial charge in [-0.05, 0) is 6.92 Å². The zero-order valence-corrected chi connectivity index (χ0v) is 9.12. The van der Waals surface area contributed by atoms with Crippen LogP contribution in [-0.2, 0) is 10.5 Å². The highest BCUT2D eigenvalue weighted by Crippen LogP contribution is 2.24. The minimum absolute atomic E-state index is 0.373. The molecule has 0 radical (unpaired) electrons. The standard InChI is InChI=1S/C10H13BrO2/c1-2-13-10(12,8-11)9-6-4-3-5-7-9/h3-7,12H,2,8H2,1H3. The fourth-order valence-corrected chi connectivity index (χ4v) is 1.62. The first-order chi connectivity index (χ1) is 6.23. The zero-order valence-electron chi connectivity index (χ0n) is 7.53. The number of aliphatic hydroxyl groups is 1. The summed E-state index contributed by atoms with van der Waals surface area (Å²) in [5, 5.41) is 10.4. The Morgan fingerprint density at radius 1 is 1.38 bits per heavy atom. The van der Waals surface area contributed by atoms with Gasteiger partial charge >= 0.3 is 0 Å². The highest BCUT2D eigenvalue weighted by atomic mass is 79.9. The molecule has 0 aromatic heterocycles. The van der Waals surface area contributed by atoms with Crippen LogP contribution in [0.2, 0.25) is 0 Å². The van der Waals surface area contributed by atoms with Crippen LogP contribution in [0.5, 0.6) is 0 Å². The Labute approximate surface area is 86.7 Å². The molecule has 0 fully saturated rings. The van der Waals surface area contributed by atoms with Gasteiger partial charge in [-0.15, -0.1) is 0 Å². The first-order valence-electron chi connectivity index (χ1n) is 4.21. The van der Waals surface area contributed by atoms with E-state index in [2.05, 4.69) is 15.9 Å². The van der Waals surface area contributed by atoms with Gasteiger partial charge in [-0.2, -0.15) is 0 Å². The summed E-state index contributed by atoms with van der Waals surface area (Å²) in [4.78, 5) is 0. The summed E-state index contributed by atoms with van der Waals surface area (Å²) in [6, 6.07) is 9.35. The van der Waals surface area contributed by atoms with Gasteiger partial charge in [0.15, 0.2) is 0 Å². The molecule has 1 rings (SSSR count). The Bertz CT molecular complexity index is 250. The highest BCUT2D eigenvalue weighted by Gasteiger charge is 2.27. The Kier molecular flexibility index (Phi) is 3.90. The van der Waals surface area contributed by atoms with E-state index in [1.807, 2.05) is 37.3 Å². The summed E-state index contributed by atoms with van der Waals surface area (Å²) < 4.78 is 5.27. The zero-order chi connectivity index (χ0) is 9.73. The minimum Gasteiger partial charge on any atom is -0.361 e. The fourth-order valence-electron chi connectivity index (χ4n) is 1.14. The number of alkyl halides is 1. The van der Waals surface area contributed by atoms with Crippen LogP contribution in [0.4, 0.5) is 0 Å². The molecule has 1 unspecified atom stereocenters. The Morgan fingerprint density at radius 2 is 2.00 bits per heavy atom. The SMILES string of the molecule is CCOC(O)(CBr)c1ccccc1. The molecule has 0 spiro atoms. The van der Waals surface area contributed by atoms with Gasteiger partial charge in [-0.1, -0.05) is 46.3 Å². The average Bonchev–Trinajstić information content (AvgIpc) is 2.19. The second-order valence-corrected chi connectivity index (χ2v) is 3.28. The maximum Gasteiger partial charge on any atom is 0.202 e. The van der Waals surface area contributed by atoms with Crippen molar-refractivity contribution < 1.29 is 9.84 Å². The van der Waals surface area contributed by atoms with Crippen LogP contribution in [0.3, 0.4) is 0 Å². The molecule has 1 atom stereocenters. The molecule has 3 heteroatoms. The lowest BCUT2D eigenvalue weighted by molar-refractivity contribution is -0.190. The summed E-state index contributed by atoms with van der Waals surface area (Å²) >= 11 is 3.23. The lowest BCUT2D eigenvalue weighted by Gasteiger charge is -2.25. The summed E-state index contributed by atoms with van der Waals surface area (Å²) in [5.74, 6) is -1.20. The van der Waals surface area contributed by atoms with Crippen LogP contribution < -0.4 is 0 Å². The first-order valence-corrected chi connectivity index (χ1v) is 5.33. The molecule has 0 aliphatic rings. The fraction of sp³-hybridized carbons (Fsp3) is 0.400. The lowest BCUT2D eigenvalue weighted by Crippen LogP contribution is -2.31. The molecule has 0 aliphatic heterocycles. The monoisotopic (exact) mass is 244 g/mol. The Hall–Kier alpha value is -0.380. The topological polar surface area (TPSA) is 29.5 Å². The van der Waals surface area contributed by atoms with Gasteiger partial charge < -0.3 is 9.84 Å². The van der Waals surface area contributed by atoms with E-state index in [1.165, 1.54) is 0 Å². The largest absolute Gasteiger partial charge is 0.361 e.